The van der Waals surface area contributed by atoms with Crippen LogP contribution in [0.15, 0.2) is 30.5 Å². The Morgan fingerprint density at radius 1 is 1.40 bits per heavy atom. The quantitative estimate of drug-likeness (QED) is 0.633. The first-order valence-corrected chi connectivity index (χ1v) is 7.18. The highest BCUT2D eigenvalue weighted by molar-refractivity contribution is 7.80. The fraction of sp³-hybridized carbons (Fsp3) is 0.333. The number of amides is 1. The molecule has 0 spiro atoms. The molecule has 1 amide bonds. The van der Waals surface area contributed by atoms with Gasteiger partial charge in [-0.1, -0.05) is 37.7 Å². The Balaban J connectivity index is 2.17. The normalized spacial score (nSPS) is 10.7. The van der Waals surface area contributed by atoms with Crippen LogP contribution < -0.4 is 11.1 Å². The maximum atomic E-state index is 11.9. The number of benzene rings is 1. The number of carbonyl (C=O) groups excluding carboxylic acids is 1. The van der Waals surface area contributed by atoms with Crippen molar-refractivity contribution >= 4 is 34.0 Å². The molecule has 1 aromatic carbocycles. The van der Waals surface area contributed by atoms with Crippen LogP contribution in [0.4, 0.5) is 0 Å². The van der Waals surface area contributed by atoms with Crippen LogP contribution in [0.25, 0.3) is 10.9 Å². The topological polar surface area (TPSA) is 60.0 Å². The molecule has 0 unspecified atom stereocenters. The number of nitrogens with two attached hydrogens (primary N) is 1. The molecule has 0 radical (unpaired) electrons. The number of fused-ring (bicyclic) bond motifs is 1. The molecule has 0 atom stereocenters. The fourth-order valence-corrected chi connectivity index (χ4v) is 2.37. The summed E-state index contributed by atoms with van der Waals surface area (Å²) in [6.07, 6.45) is 3.97. The van der Waals surface area contributed by atoms with Crippen molar-refractivity contribution < 1.29 is 4.79 Å². The maximum absolute atomic E-state index is 11.9. The molecule has 0 bridgehead atoms. The molecular weight excluding hydrogens is 270 g/mol. The van der Waals surface area contributed by atoms with Gasteiger partial charge in [0.1, 0.15) is 11.5 Å². The number of rotatable bonds is 6. The van der Waals surface area contributed by atoms with Gasteiger partial charge in [0.25, 0.3) is 0 Å². The Labute approximate surface area is 123 Å². The minimum Gasteiger partial charge on any atom is -0.389 e. The monoisotopic (exact) mass is 289 g/mol. The molecule has 3 N–H and O–H groups in total. The zero-order chi connectivity index (χ0) is 14.5. The molecule has 2 aromatic rings. The molecule has 20 heavy (non-hydrogen) atoms. The summed E-state index contributed by atoms with van der Waals surface area (Å²) >= 11 is 5.05. The summed E-state index contributed by atoms with van der Waals surface area (Å²) in [5, 5.41) is 3.90. The summed E-state index contributed by atoms with van der Waals surface area (Å²) in [5.74, 6) is 0.0247. The van der Waals surface area contributed by atoms with Gasteiger partial charge >= 0.3 is 0 Å². The van der Waals surface area contributed by atoms with Crippen molar-refractivity contribution in [2.75, 3.05) is 6.54 Å². The highest BCUT2D eigenvalue weighted by atomic mass is 32.1. The number of hydrogen-bond acceptors (Lipinski definition) is 2. The molecule has 0 saturated heterocycles. The van der Waals surface area contributed by atoms with E-state index in [1.165, 1.54) is 0 Å². The average Bonchev–Trinajstić information content (AvgIpc) is 2.82. The average molecular weight is 289 g/mol. The van der Waals surface area contributed by atoms with Crippen LogP contribution in [0.1, 0.15) is 25.3 Å². The molecule has 2 rings (SSSR count). The lowest BCUT2D eigenvalue weighted by atomic mass is 10.1. The van der Waals surface area contributed by atoms with Crippen molar-refractivity contribution in [2.45, 2.75) is 26.3 Å². The predicted octanol–water partition coefficient (Wildman–Crippen LogP) is 2.19. The van der Waals surface area contributed by atoms with E-state index in [1.807, 2.05) is 35.0 Å². The lowest BCUT2D eigenvalue weighted by Crippen LogP contribution is -2.28. The summed E-state index contributed by atoms with van der Waals surface area (Å²) in [7, 11) is 0. The van der Waals surface area contributed by atoms with Gasteiger partial charge in [-0.3, -0.25) is 4.79 Å². The number of hydrogen-bond donors (Lipinski definition) is 2. The first-order chi connectivity index (χ1) is 9.63. The molecule has 1 heterocycles. The lowest BCUT2D eigenvalue weighted by Gasteiger charge is -2.07. The molecule has 1 aromatic heterocycles. The van der Waals surface area contributed by atoms with E-state index >= 15 is 0 Å². The Hall–Kier alpha value is -1.88. The Bertz CT molecular complexity index is 633. The van der Waals surface area contributed by atoms with Crippen molar-refractivity contribution in [3.63, 3.8) is 0 Å². The maximum Gasteiger partial charge on any atom is 0.239 e. The molecule has 0 fully saturated rings. The van der Waals surface area contributed by atoms with Crippen molar-refractivity contribution in [1.29, 1.82) is 0 Å². The lowest BCUT2D eigenvalue weighted by molar-refractivity contribution is -0.121. The molecule has 4 nitrogen and oxygen atoms in total. The summed E-state index contributed by atoms with van der Waals surface area (Å²) in [5.41, 5.74) is 7.54. The number of nitrogens with one attached hydrogen (secondary N) is 1. The van der Waals surface area contributed by atoms with E-state index in [4.69, 9.17) is 18.0 Å². The number of nitrogens with zero attached hydrogens (tertiary/aromatic N) is 1. The van der Waals surface area contributed by atoms with Crippen molar-refractivity contribution in [2.24, 2.45) is 5.73 Å². The van der Waals surface area contributed by atoms with Gasteiger partial charge in [0.2, 0.25) is 5.91 Å². The second kappa shape index (κ2) is 6.52. The van der Waals surface area contributed by atoms with Crippen LogP contribution >= 0.6 is 12.2 Å². The molecular formula is C15H19N3OS. The predicted molar refractivity (Wildman–Crippen MR) is 85.7 cm³/mol. The molecule has 0 saturated carbocycles. The van der Waals surface area contributed by atoms with Crippen LogP contribution in [0.5, 0.6) is 0 Å². The summed E-state index contributed by atoms with van der Waals surface area (Å²) in [6.45, 7) is 3.14. The molecule has 0 aliphatic rings. The molecule has 0 aliphatic heterocycles. The van der Waals surface area contributed by atoms with Gasteiger partial charge < -0.3 is 15.6 Å². The molecule has 106 valence electrons. The third-order valence-corrected chi connectivity index (χ3v) is 3.47. The van der Waals surface area contributed by atoms with E-state index in [-0.39, 0.29) is 5.91 Å². The van der Waals surface area contributed by atoms with Crippen LogP contribution in [-0.2, 0) is 11.3 Å². The Morgan fingerprint density at radius 2 is 2.20 bits per heavy atom. The van der Waals surface area contributed by atoms with Crippen LogP contribution in [-0.4, -0.2) is 22.0 Å². The van der Waals surface area contributed by atoms with Crippen molar-refractivity contribution in [3.8, 4) is 0 Å². The van der Waals surface area contributed by atoms with E-state index < -0.39 is 0 Å². The van der Waals surface area contributed by atoms with E-state index in [9.17, 15) is 4.79 Å². The summed E-state index contributed by atoms with van der Waals surface area (Å²) in [6, 6.07) is 7.72. The largest absolute Gasteiger partial charge is 0.389 e. The van der Waals surface area contributed by atoms with Gasteiger partial charge in [0, 0.05) is 29.2 Å². The second-order valence-electron chi connectivity index (χ2n) is 4.75. The van der Waals surface area contributed by atoms with E-state index in [0.29, 0.717) is 11.5 Å². The SMILES string of the molecule is CCCCNC(=O)Cn1ccc2c(C(N)=S)cccc21. The molecule has 5 heteroatoms. The number of carbonyl (C=O) groups is 1. The van der Waals surface area contributed by atoms with Gasteiger partial charge in [0.05, 0.1) is 0 Å². The number of unbranched alkanes of at least 4 members (excludes halogenated alkanes) is 1. The zero-order valence-electron chi connectivity index (χ0n) is 11.6. The minimum absolute atomic E-state index is 0.0247. The van der Waals surface area contributed by atoms with E-state index in [0.717, 1.165) is 35.9 Å². The Morgan fingerprint density at radius 3 is 2.90 bits per heavy atom. The van der Waals surface area contributed by atoms with Crippen LogP contribution in [0, 0.1) is 0 Å². The van der Waals surface area contributed by atoms with Crippen molar-refractivity contribution in [1.82, 2.24) is 9.88 Å². The van der Waals surface area contributed by atoms with Gasteiger partial charge in [-0.2, -0.15) is 0 Å². The van der Waals surface area contributed by atoms with Crippen molar-refractivity contribution in [3.05, 3.63) is 36.0 Å². The van der Waals surface area contributed by atoms with Crippen LogP contribution in [0.2, 0.25) is 0 Å². The first-order valence-electron chi connectivity index (χ1n) is 6.78. The third kappa shape index (κ3) is 3.17. The minimum atomic E-state index is 0.0247. The van der Waals surface area contributed by atoms with Gasteiger partial charge in [-0.05, 0) is 18.6 Å². The highest BCUT2D eigenvalue weighted by Gasteiger charge is 2.09. The first kappa shape index (κ1) is 14.5. The zero-order valence-corrected chi connectivity index (χ0v) is 12.4. The van der Waals surface area contributed by atoms with Gasteiger partial charge in [0.15, 0.2) is 0 Å². The summed E-state index contributed by atoms with van der Waals surface area (Å²) < 4.78 is 1.92. The summed E-state index contributed by atoms with van der Waals surface area (Å²) in [4.78, 5) is 12.2. The van der Waals surface area contributed by atoms with Gasteiger partial charge in [-0.25, -0.2) is 0 Å². The number of aromatic nitrogens is 1. The molecule has 0 aliphatic carbocycles. The number of thiocarbonyl (C=S) groups is 1. The standard InChI is InChI=1S/C15H19N3OS/c1-2-3-8-17-14(19)10-18-9-7-11-12(15(16)20)5-4-6-13(11)18/h4-7,9H,2-3,8,10H2,1H3,(H2,16,20)(H,17,19). The van der Waals surface area contributed by atoms with Crippen LogP contribution in [0.3, 0.4) is 0 Å². The van der Waals surface area contributed by atoms with E-state index in [1.54, 1.807) is 0 Å². The highest BCUT2D eigenvalue weighted by Crippen LogP contribution is 2.20. The van der Waals surface area contributed by atoms with E-state index in [2.05, 4.69) is 12.2 Å². The Kier molecular flexibility index (Phi) is 4.74. The smallest absolute Gasteiger partial charge is 0.239 e. The van der Waals surface area contributed by atoms with Gasteiger partial charge in [-0.15, -0.1) is 0 Å². The third-order valence-electron chi connectivity index (χ3n) is 3.25. The fourth-order valence-electron chi connectivity index (χ4n) is 2.19. The second-order valence-corrected chi connectivity index (χ2v) is 5.19.